The highest BCUT2D eigenvalue weighted by atomic mass is 32.2. The fourth-order valence-corrected chi connectivity index (χ4v) is 4.37. The molecule has 21 heavy (non-hydrogen) atoms. The number of carbonyl (C=O) groups is 1. The van der Waals surface area contributed by atoms with Crippen molar-refractivity contribution >= 4 is 21.8 Å². The molecular formula is C15H19NO4S. The van der Waals surface area contributed by atoms with Crippen LogP contribution in [-0.4, -0.2) is 31.9 Å². The molecule has 2 aliphatic rings. The van der Waals surface area contributed by atoms with Gasteiger partial charge in [0, 0.05) is 18.0 Å². The summed E-state index contributed by atoms with van der Waals surface area (Å²) in [7, 11) is -2.97. The Kier molecular flexibility index (Phi) is 3.65. The maximum absolute atomic E-state index is 11.8. The summed E-state index contributed by atoms with van der Waals surface area (Å²) >= 11 is 0. The van der Waals surface area contributed by atoms with Crippen molar-refractivity contribution < 1.29 is 17.6 Å². The van der Waals surface area contributed by atoms with E-state index in [0.717, 1.165) is 12.2 Å². The predicted octanol–water partition coefficient (Wildman–Crippen LogP) is 1.72. The summed E-state index contributed by atoms with van der Waals surface area (Å²) in [4.78, 5) is 11.8. The lowest BCUT2D eigenvalue weighted by atomic mass is 10.2. The number of nitrogens with one attached hydrogen (secondary N) is 1. The van der Waals surface area contributed by atoms with E-state index in [1.165, 1.54) is 6.08 Å². The topological polar surface area (TPSA) is 76.4 Å². The molecule has 1 aliphatic heterocycles. The Morgan fingerprint density at radius 3 is 2.81 bits per heavy atom. The summed E-state index contributed by atoms with van der Waals surface area (Å²) in [5.74, 6) is 2.74. The van der Waals surface area contributed by atoms with E-state index in [0.29, 0.717) is 24.0 Å². The molecule has 1 aromatic heterocycles. The highest BCUT2D eigenvalue weighted by molar-refractivity contribution is 7.91. The summed E-state index contributed by atoms with van der Waals surface area (Å²) in [6.45, 7) is 2.19. The van der Waals surface area contributed by atoms with Gasteiger partial charge in [-0.25, -0.2) is 8.42 Å². The quantitative estimate of drug-likeness (QED) is 0.859. The van der Waals surface area contributed by atoms with Crippen LogP contribution in [0.2, 0.25) is 0 Å². The number of furan rings is 1. The maximum Gasteiger partial charge on any atom is 0.244 e. The minimum Gasteiger partial charge on any atom is -0.461 e. The zero-order chi connectivity index (χ0) is 15.0. The Bertz CT molecular complexity index is 674. The molecule has 114 valence electrons. The lowest BCUT2D eigenvalue weighted by Gasteiger charge is -2.07. The van der Waals surface area contributed by atoms with Crippen molar-refractivity contribution in [3.05, 3.63) is 29.7 Å². The number of carbonyl (C=O) groups excluding carboxylic acids is 1. The summed E-state index contributed by atoms with van der Waals surface area (Å²) in [5.41, 5.74) is 0. The second-order valence-corrected chi connectivity index (χ2v) is 8.23. The molecule has 0 radical (unpaired) electrons. The van der Waals surface area contributed by atoms with Gasteiger partial charge in [0.1, 0.15) is 11.5 Å². The normalized spacial score (nSPS) is 30.6. The third kappa shape index (κ3) is 3.56. The SMILES string of the molecule is CC1CC1c1ccc(C=CC(=O)NC2CCS(=O)(=O)C2)o1. The molecule has 2 fully saturated rings. The number of hydrogen-bond donors (Lipinski definition) is 1. The van der Waals surface area contributed by atoms with Crippen molar-refractivity contribution in [1.29, 1.82) is 0 Å². The first-order chi connectivity index (χ1) is 9.93. The Morgan fingerprint density at radius 2 is 2.19 bits per heavy atom. The summed E-state index contributed by atoms with van der Waals surface area (Å²) in [5, 5.41) is 2.71. The van der Waals surface area contributed by atoms with Gasteiger partial charge < -0.3 is 9.73 Å². The summed E-state index contributed by atoms with van der Waals surface area (Å²) in [6, 6.07) is 3.53. The van der Waals surface area contributed by atoms with Crippen LogP contribution in [0.15, 0.2) is 22.6 Å². The van der Waals surface area contributed by atoms with Crippen LogP contribution in [0.25, 0.3) is 6.08 Å². The van der Waals surface area contributed by atoms with Gasteiger partial charge in [-0.05, 0) is 37.0 Å². The largest absolute Gasteiger partial charge is 0.461 e. The highest BCUT2D eigenvalue weighted by Crippen LogP contribution is 2.47. The lowest BCUT2D eigenvalue weighted by molar-refractivity contribution is -0.116. The van der Waals surface area contributed by atoms with Crippen LogP contribution >= 0.6 is 0 Å². The van der Waals surface area contributed by atoms with Crippen LogP contribution in [0.3, 0.4) is 0 Å². The Morgan fingerprint density at radius 1 is 1.43 bits per heavy atom. The monoisotopic (exact) mass is 309 g/mol. The van der Waals surface area contributed by atoms with Crippen molar-refractivity contribution in [3.63, 3.8) is 0 Å². The third-order valence-electron chi connectivity index (χ3n) is 4.10. The van der Waals surface area contributed by atoms with Gasteiger partial charge in [-0.3, -0.25) is 4.79 Å². The van der Waals surface area contributed by atoms with Crippen molar-refractivity contribution in [1.82, 2.24) is 5.32 Å². The molecule has 1 aromatic rings. The number of hydrogen-bond acceptors (Lipinski definition) is 4. The highest BCUT2D eigenvalue weighted by Gasteiger charge is 2.36. The van der Waals surface area contributed by atoms with Gasteiger partial charge in [0.05, 0.1) is 11.5 Å². The van der Waals surface area contributed by atoms with Crippen LogP contribution < -0.4 is 5.32 Å². The molecule has 0 bridgehead atoms. The van der Waals surface area contributed by atoms with E-state index >= 15 is 0 Å². The molecular weight excluding hydrogens is 290 g/mol. The molecule has 1 N–H and O–H groups in total. The van der Waals surface area contributed by atoms with E-state index in [1.807, 2.05) is 12.1 Å². The summed E-state index contributed by atoms with van der Waals surface area (Å²) < 4.78 is 28.3. The minimum atomic E-state index is -2.97. The van der Waals surface area contributed by atoms with Gasteiger partial charge in [0.25, 0.3) is 0 Å². The van der Waals surface area contributed by atoms with Gasteiger partial charge >= 0.3 is 0 Å². The summed E-state index contributed by atoms with van der Waals surface area (Å²) in [6.07, 6.45) is 4.67. The zero-order valence-electron chi connectivity index (χ0n) is 11.9. The van der Waals surface area contributed by atoms with E-state index < -0.39 is 9.84 Å². The van der Waals surface area contributed by atoms with Crippen LogP contribution in [0.5, 0.6) is 0 Å². The van der Waals surface area contributed by atoms with E-state index in [-0.39, 0.29) is 23.5 Å². The molecule has 2 heterocycles. The van der Waals surface area contributed by atoms with E-state index in [9.17, 15) is 13.2 Å². The van der Waals surface area contributed by atoms with Crippen molar-refractivity contribution in [3.8, 4) is 0 Å². The lowest BCUT2D eigenvalue weighted by Crippen LogP contribution is -2.34. The first kappa shape index (κ1) is 14.4. The number of sulfone groups is 1. The van der Waals surface area contributed by atoms with Gasteiger partial charge in [-0.15, -0.1) is 0 Å². The zero-order valence-corrected chi connectivity index (χ0v) is 12.7. The van der Waals surface area contributed by atoms with E-state index in [1.54, 1.807) is 6.08 Å². The van der Waals surface area contributed by atoms with Crippen LogP contribution in [0, 0.1) is 5.92 Å². The molecule has 3 atom stereocenters. The van der Waals surface area contributed by atoms with Crippen molar-refractivity contribution in [2.24, 2.45) is 5.92 Å². The number of rotatable bonds is 4. The standard InChI is InChI=1S/C15H19NO4S/c1-10-8-13(10)14-4-2-12(20-14)3-5-15(17)16-11-6-7-21(18,19)9-11/h2-5,10-11,13H,6-9H2,1H3,(H,16,17). The Hall–Kier alpha value is -1.56. The van der Waals surface area contributed by atoms with Crippen LogP contribution in [-0.2, 0) is 14.6 Å². The molecule has 3 unspecified atom stereocenters. The average molecular weight is 309 g/mol. The smallest absolute Gasteiger partial charge is 0.244 e. The third-order valence-corrected chi connectivity index (χ3v) is 5.87. The number of amides is 1. The van der Waals surface area contributed by atoms with Crippen molar-refractivity contribution in [2.45, 2.75) is 31.7 Å². The maximum atomic E-state index is 11.8. The molecule has 1 saturated carbocycles. The van der Waals surface area contributed by atoms with Crippen LogP contribution in [0.4, 0.5) is 0 Å². The Balaban J connectivity index is 1.53. The van der Waals surface area contributed by atoms with Crippen LogP contribution in [0.1, 0.15) is 37.2 Å². The first-order valence-corrected chi connectivity index (χ1v) is 9.04. The second-order valence-electron chi connectivity index (χ2n) is 6.00. The molecule has 6 heteroatoms. The van der Waals surface area contributed by atoms with Gasteiger partial charge in [-0.1, -0.05) is 6.92 Å². The first-order valence-electron chi connectivity index (χ1n) is 7.22. The Labute approximate surface area is 124 Å². The average Bonchev–Trinajstić information content (AvgIpc) is 2.84. The van der Waals surface area contributed by atoms with E-state index in [2.05, 4.69) is 12.2 Å². The molecule has 3 rings (SSSR count). The molecule has 1 amide bonds. The van der Waals surface area contributed by atoms with Gasteiger partial charge in [0.2, 0.25) is 5.91 Å². The fourth-order valence-electron chi connectivity index (χ4n) is 2.69. The van der Waals surface area contributed by atoms with E-state index in [4.69, 9.17) is 4.42 Å². The van der Waals surface area contributed by atoms with Gasteiger partial charge in [0.15, 0.2) is 9.84 Å². The fraction of sp³-hybridized carbons (Fsp3) is 0.533. The second kappa shape index (κ2) is 5.33. The molecule has 0 spiro atoms. The minimum absolute atomic E-state index is 0.0387. The predicted molar refractivity (Wildman–Crippen MR) is 79.5 cm³/mol. The molecule has 1 saturated heterocycles. The molecule has 0 aromatic carbocycles. The molecule has 1 aliphatic carbocycles. The van der Waals surface area contributed by atoms with Crippen molar-refractivity contribution in [2.75, 3.05) is 11.5 Å². The van der Waals surface area contributed by atoms with Gasteiger partial charge in [-0.2, -0.15) is 0 Å². The molecule has 5 nitrogen and oxygen atoms in total.